The fraction of sp³-hybridized carbons (Fsp3) is 0.870. The van der Waals surface area contributed by atoms with Crippen molar-refractivity contribution in [3.63, 3.8) is 0 Å². The molecule has 0 saturated heterocycles. The van der Waals surface area contributed by atoms with Gasteiger partial charge in [0.1, 0.15) is 17.0 Å². The summed E-state index contributed by atoms with van der Waals surface area (Å²) in [5.74, 6) is 2.83. The van der Waals surface area contributed by atoms with Crippen LogP contribution in [0.15, 0.2) is 18.2 Å². The molecular formula is C46H88N2O2S. The highest BCUT2D eigenvalue weighted by Crippen LogP contribution is 2.27. The zero-order valence-corrected chi connectivity index (χ0v) is 35.6. The van der Waals surface area contributed by atoms with E-state index in [1.54, 1.807) is 0 Å². The van der Waals surface area contributed by atoms with Gasteiger partial charge in [-0.1, -0.05) is 206 Å². The minimum absolute atomic E-state index is 0.231. The smallest absolute Gasteiger partial charge is 0.123 e. The number of ether oxygens (including phenoxy) is 2. The van der Waals surface area contributed by atoms with Gasteiger partial charge in [0.05, 0.1) is 13.2 Å². The molecule has 0 amide bonds. The van der Waals surface area contributed by atoms with Crippen LogP contribution < -0.4 is 20.1 Å². The van der Waals surface area contributed by atoms with E-state index in [9.17, 15) is 0 Å². The Hall–Kier alpha value is -0.910. The van der Waals surface area contributed by atoms with E-state index in [1.807, 2.05) is 25.9 Å². The third-order valence-electron chi connectivity index (χ3n) is 10.4. The van der Waals surface area contributed by atoms with E-state index in [-0.39, 0.29) is 5.50 Å². The fourth-order valence-electron chi connectivity index (χ4n) is 7.05. The van der Waals surface area contributed by atoms with Gasteiger partial charge in [-0.15, -0.1) is 11.8 Å². The van der Waals surface area contributed by atoms with Crippen molar-refractivity contribution >= 4 is 11.8 Å². The van der Waals surface area contributed by atoms with Crippen LogP contribution in [0.2, 0.25) is 0 Å². The Labute approximate surface area is 323 Å². The first-order valence-electron chi connectivity index (χ1n) is 22.6. The molecule has 0 bridgehead atoms. The van der Waals surface area contributed by atoms with Gasteiger partial charge in [-0.3, -0.25) is 10.6 Å². The predicted octanol–water partition coefficient (Wildman–Crippen LogP) is 14.9. The van der Waals surface area contributed by atoms with E-state index in [4.69, 9.17) is 9.47 Å². The average Bonchev–Trinajstić information content (AvgIpc) is 3.14. The van der Waals surface area contributed by atoms with Crippen LogP contribution in [0.1, 0.15) is 225 Å². The van der Waals surface area contributed by atoms with Crippen LogP contribution >= 0.6 is 11.8 Å². The van der Waals surface area contributed by atoms with Gasteiger partial charge in [-0.25, -0.2) is 0 Å². The van der Waals surface area contributed by atoms with Crippen molar-refractivity contribution in [2.24, 2.45) is 0 Å². The molecule has 1 rings (SSSR count). The molecule has 0 radical (unpaired) electrons. The summed E-state index contributed by atoms with van der Waals surface area (Å²) in [6, 6.07) is 6.54. The molecule has 0 fully saturated rings. The predicted molar refractivity (Wildman–Crippen MR) is 230 cm³/mol. The number of hydrogen-bond acceptors (Lipinski definition) is 5. The molecule has 0 heterocycles. The van der Waals surface area contributed by atoms with E-state index in [0.29, 0.717) is 0 Å². The summed E-state index contributed by atoms with van der Waals surface area (Å²) in [5.41, 5.74) is 1.50. The van der Waals surface area contributed by atoms with E-state index in [1.165, 1.54) is 198 Å². The summed E-state index contributed by atoms with van der Waals surface area (Å²) in [7, 11) is 4.00. The normalized spacial score (nSPS) is 11.5. The molecule has 0 aliphatic heterocycles. The summed E-state index contributed by atoms with van der Waals surface area (Å²) >= 11 is 1.86. The molecule has 2 N–H and O–H groups in total. The first-order valence-corrected chi connectivity index (χ1v) is 23.6. The minimum atomic E-state index is 0.231. The minimum Gasteiger partial charge on any atom is -0.493 e. The fourth-order valence-corrected chi connectivity index (χ4v) is 7.91. The number of nitrogens with one attached hydrogen (secondary N) is 2. The Kier molecular flexibility index (Phi) is 36.6. The van der Waals surface area contributed by atoms with Crippen LogP contribution in [-0.4, -0.2) is 32.8 Å². The third-order valence-corrected chi connectivity index (χ3v) is 11.7. The van der Waals surface area contributed by atoms with Gasteiger partial charge in [0.2, 0.25) is 0 Å². The molecule has 1 aromatic carbocycles. The van der Waals surface area contributed by atoms with Crippen LogP contribution in [0.5, 0.6) is 11.5 Å². The van der Waals surface area contributed by atoms with Gasteiger partial charge in [0, 0.05) is 11.8 Å². The zero-order valence-electron chi connectivity index (χ0n) is 34.8. The van der Waals surface area contributed by atoms with Gasteiger partial charge in [0.15, 0.2) is 0 Å². The molecule has 0 aliphatic rings. The summed E-state index contributed by atoms with van der Waals surface area (Å²) < 4.78 is 12.6. The molecule has 5 heteroatoms. The van der Waals surface area contributed by atoms with Gasteiger partial charge in [-0.2, -0.15) is 0 Å². The second-order valence-corrected chi connectivity index (χ2v) is 16.5. The van der Waals surface area contributed by atoms with Crippen molar-refractivity contribution < 1.29 is 9.47 Å². The van der Waals surface area contributed by atoms with Crippen molar-refractivity contribution in [1.82, 2.24) is 10.6 Å². The Balaban J connectivity index is 2.17. The average molecular weight is 733 g/mol. The molecule has 0 aromatic heterocycles. The second kappa shape index (κ2) is 38.8. The van der Waals surface area contributed by atoms with Crippen LogP contribution in [-0.2, 0) is 5.75 Å². The lowest BCUT2D eigenvalue weighted by Gasteiger charge is -2.16. The van der Waals surface area contributed by atoms with Gasteiger partial charge < -0.3 is 9.47 Å². The summed E-state index contributed by atoms with van der Waals surface area (Å²) in [4.78, 5) is 0. The van der Waals surface area contributed by atoms with Gasteiger partial charge >= 0.3 is 0 Å². The molecule has 0 aliphatic carbocycles. The number of hydrogen-bond donors (Lipinski definition) is 2. The Bertz CT molecular complexity index is 777. The largest absolute Gasteiger partial charge is 0.493 e. The number of unbranched alkanes of at least 4 members (excludes halogenated alkanes) is 30. The van der Waals surface area contributed by atoms with E-state index in [2.05, 4.69) is 42.7 Å². The van der Waals surface area contributed by atoms with Crippen molar-refractivity contribution in [1.29, 1.82) is 0 Å². The monoisotopic (exact) mass is 733 g/mol. The van der Waals surface area contributed by atoms with Crippen molar-refractivity contribution in [2.75, 3.05) is 27.3 Å². The van der Waals surface area contributed by atoms with Gasteiger partial charge in [-0.05, 0) is 44.6 Å². The maximum Gasteiger partial charge on any atom is 0.123 e. The molecular weight excluding hydrogens is 645 g/mol. The van der Waals surface area contributed by atoms with Crippen LogP contribution in [0.25, 0.3) is 0 Å². The van der Waals surface area contributed by atoms with Crippen molar-refractivity contribution in [3.8, 4) is 11.5 Å². The first kappa shape index (κ1) is 48.1. The lowest BCUT2D eigenvalue weighted by atomic mass is 10.0. The SMILES string of the molecule is CCCCCCCCCCCCCCCCCCOc1cc(CSC(NC)NC)cc(OCCCCCCCCCCCCCCCCCC)c1. The van der Waals surface area contributed by atoms with Crippen LogP contribution in [0.3, 0.4) is 0 Å². The summed E-state index contributed by atoms with van der Waals surface area (Å²) in [6.07, 6.45) is 44.6. The molecule has 300 valence electrons. The highest BCUT2D eigenvalue weighted by molar-refractivity contribution is 7.99. The van der Waals surface area contributed by atoms with E-state index < -0.39 is 0 Å². The lowest BCUT2D eigenvalue weighted by Crippen LogP contribution is -2.34. The molecule has 0 unspecified atom stereocenters. The standard InChI is InChI=1S/C46H88N2O2S/c1-5-7-9-11-13-15-17-19-21-23-25-27-29-31-33-35-37-49-44-39-43(42-51-46(47-3)48-4)40-45(41-44)50-38-36-34-32-30-28-26-24-22-20-18-16-14-12-10-8-6-2/h39-41,46-48H,5-38,42H2,1-4H3. The maximum absolute atomic E-state index is 6.28. The Morgan fingerprint density at radius 1 is 0.412 bits per heavy atom. The second-order valence-electron chi connectivity index (χ2n) is 15.4. The molecule has 1 aromatic rings. The molecule has 51 heavy (non-hydrogen) atoms. The highest BCUT2D eigenvalue weighted by Gasteiger charge is 2.08. The maximum atomic E-state index is 6.28. The molecule has 0 saturated carbocycles. The molecule has 0 spiro atoms. The molecule has 0 atom stereocenters. The Morgan fingerprint density at radius 2 is 0.686 bits per heavy atom. The quantitative estimate of drug-likeness (QED) is 0.0518. The van der Waals surface area contributed by atoms with E-state index >= 15 is 0 Å². The van der Waals surface area contributed by atoms with Gasteiger partial charge in [0.25, 0.3) is 0 Å². The van der Waals surface area contributed by atoms with Crippen LogP contribution in [0, 0.1) is 0 Å². The summed E-state index contributed by atoms with van der Waals surface area (Å²) in [6.45, 7) is 6.19. The zero-order chi connectivity index (χ0) is 36.7. The molecule has 4 nitrogen and oxygen atoms in total. The Morgan fingerprint density at radius 3 is 0.961 bits per heavy atom. The number of rotatable bonds is 41. The topological polar surface area (TPSA) is 42.5 Å². The third kappa shape index (κ3) is 32.3. The van der Waals surface area contributed by atoms with Crippen molar-refractivity contribution in [2.45, 2.75) is 231 Å². The lowest BCUT2D eigenvalue weighted by molar-refractivity contribution is 0.289. The number of thioether (sulfide) groups is 1. The van der Waals surface area contributed by atoms with Crippen molar-refractivity contribution in [3.05, 3.63) is 23.8 Å². The van der Waals surface area contributed by atoms with Crippen LogP contribution in [0.4, 0.5) is 0 Å². The first-order chi connectivity index (χ1) is 25.2. The number of benzene rings is 1. The summed E-state index contributed by atoms with van der Waals surface area (Å²) in [5, 5.41) is 6.63. The highest BCUT2D eigenvalue weighted by atomic mass is 32.2. The van der Waals surface area contributed by atoms with E-state index in [0.717, 1.165) is 43.3 Å².